The fourth-order valence-corrected chi connectivity index (χ4v) is 3.95. The highest BCUT2D eigenvalue weighted by molar-refractivity contribution is 5.98. The molecule has 3 aliphatic rings. The number of guanidine groups is 1. The maximum Gasteiger partial charge on any atom is 0.229 e. The lowest BCUT2D eigenvalue weighted by Gasteiger charge is -2.28. The van der Waals surface area contributed by atoms with Crippen LogP contribution in [0.4, 0.5) is 5.95 Å². The number of piperidine rings is 2. The van der Waals surface area contributed by atoms with Gasteiger partial charge in [-0.15, -0.1) is 0 Å². The zero-order chi connectivity index (χ0) is 22.8. The summed E-state index contributed by atoms with van der Waals surface area (Å²) in [5, 5.41) is 8.74. The van der Waals surface area contributed by atoms with Crippen LogP contribution in [0.1, 0.15) is 32.1 Å². The summed E-state index contributed by atoms with van der Waals surface area (Å²) in [6, 6.07) is 1.73. The van der Waals surface area contributed by atoms with Crippen LogP contribution in [0.25, 0.3) is 0 Å². The quantitative estimate of drug-likeness (QED) is 0.624. The van der Waals surface area contributed by atoms with E-state index < -0.39 is 0 Å². The first kappa shape index (κ1) is 24.1. The van der Waals surface area contributed by atoms with E-state index in [9.17, 15) is 9.59 Å². The molecule has 0 unspecified atom stereocenters. The van der Waals surface area contributed by atoms with E-state index in [-0.39, 0.29) is 23.7 Å². The zero-order valence-electron chi connectivity index (χ0n) is 19.2. The van der Waals surface area contributed by atoms with Crippen LogP contribution in [0.3, 0.4) is 0 Å². The lowest BCUT2D eigenvalue weighted by atomic mass is 9.96. The van der Waals surface area contributed by atoms with Gasteiger partial charge in [-0.25, -0.2) is 9.97 Å². The second-order valence-electron chi connectivity index (χ2n) is 8.72. The Morgan fingerprint density at radius 3 is 1.94 bits per heavy atom. The summed E-state index contributed by atoms with van der Waals surface area (Å²) in [6.07, 6.45) is 8.03. The van der Waals surface area contributed by atoms with Crippen LogP contribution in [-0.4, -0.2) is 90.9 Å². The van der Waals surface area contributed by atoms with Crippen LogP contribution in [0.2, 0.25) is 0 Å². The van der Waals surface area contributed by atoms with Crippen molar-refractivity contribution < 1.29 is 9.59 Å². The van der Waals surface area contributed by atoms with Gasteiger partial charge in [-0.3, -0.25) is 25.2 Å². The van der Waals surface area contributed by atoms with Gasteiger partial charge in [0.2, 0.25) is 17.8 Å². The summed E-state index contributed by atoms with van der Waals surface area (Å²) in [7, 11) is 4.18. The Kier molecular flexibility index (Phi) is 9.36. The van der Waals surface area contributed by atoms with Crippen LogP contribution < -0.4 is 16.0 Å². The first-order chi connectivity index (χ1) is 15.5. The molecule has 2 saturated heterocycles. The number of nitrogens with zero attached hydrogens (tertiary/aromatic N) is 5. The predicted octanol–water partition coefficient (Wildman–Crippen LogP) is 0.551. The zero-order valence-corrected chi connectivity index (χ0v) is 19.2. The molecule has 4 rings (SSSR count). The van der Waals surface area contributed by atoms with Gasteiger partial charge in [-0.1, -0.05) is 0 Å². The summed E-state index contributed by atoms with van der Waals surface area (Å²) >= 11 is 0. The maximum absolute atomic E-state index is 11.9. The largest absolute Gasteiger partial charge is 0.356 e. The van der Waals surface area contributed by atoms with Crippen molar-refractivity contribution >= 4 is 23.7 Å². The van der Waals surface area contributed by atoms with Crippen molar-refractivity contribution in [3.63, 3.8) is 0 Å². The van der Waals surface area contributed by atoms with Crippen LogP contribution in [0, 0.1) is 11.8 Å². The van der Waals surface area contributed by atoms with Crippen molar-refractivity contribution in [3.8, 4) is 0 Å². The van der Waals surface area contributed by atoms with Gasteiger partial charge in [0.1, 0.15) is 0 Å². The standard InChI is InChI=1S/C11H20N4O.C11H16N4O/c2*1-15-7-3-9(4-8-15)10(16)14-11-12-5-2-6-13-11/h9H,2-8H2,1H3,(H2,12,13,14,16);2,5-6,9H,3-4,7-8H2,1H3,(H,12,13,14,16). The van der Waals surface area contributed by atoms with E-state index in [4.69, 9.17) is 0 Å². The Bertz CT molecular complexity index is 756. The highest BCUT2D eigenvalue weighted by Crippen LogP contribution is 2.17. The lowest BCUT2D eigenvalue weighted by Crippen LogP contribution is -2.47. The van der Waals surface area contributed by atoms with Crippen LogP contribution >= 0.6 is 0 Å². The van der Waals surface area contributed by atoms with Crippen molar-refractivity contribution in [2.75, 3.05) is 58.7 Å². The third-order valence-corrected chi connectivity index (χ3v) is 6.12. The SMILES string of the molecule is CN1CCC(C(=O)NC2=NCCCN2)CC1.CN1CCC(C(=O)Nc2ncccn2)CC1. The van der Waals surface area contributed by atoms with Crippen molar-refractivity contribution in [1.29, 1.82) is 0 Å². The van der Waals surface area contributed by atoms with Gasteiger partial charge in [-0.05, 0) is 78.4 Å². The lowest BCUT2D eigenvalue weighted by molar-refractivity contribution is -0.125. The highest BCUT2D eigenvalue weighted by Gasteiger charge is 2.25. The normalized spacial score (nSPS) is 20.9. The molecular weight excluding hydrogens is 408 g/mol. The first-order valence-corrected chi connectivity index (χ1v) is 11.6. The molecule has 2 amide bonds. The molecule has 176 valence electrons. The number of aromatic nitrogens is 2. The van der Waals surface area contributed by atoms with E-state index >= 15 is 0 Å². The van der Waals surface area contributed by atoms with Crippen molar-refractivity contribution in [3.05, 3.63) is 18.5 Å². The third-order valence-electron chi connectivity index (χ3n) is 6.12. The van der Waals surface area contributed by atoms with E-state index in [1.807, 2.05) is 0 Å². The highest BCUT2D eigenvalue weighted by atomic mass is 16.2. The van der Waals surface area contributed by atoms with Gasteiger partial charge >= 0.3 is 0 Å². The molecule has 3 N–H and O–H groups in total. The van der Waals surface area contributed by atoms with Gasteiger partial charge in [0.05, 0.1) is 0 Å². The molecule has 0 radical (unpaired) electrons. The number of carbonyl (C=O) groups is 2. The fourth-order valence-electron chi connectivity index (χ4n) is 3.95. The smallest absolute Gasteiger partial charge is 0.229 e. The van der Waals surface area contributed by atoms with Crippen molar-refractivity contribution in [2.24, 2.45) is 16.8 Å². The molecule has 0 aromatic carbocycles. The van der Waals surface area contributed by atoms with Crippen LogP contribution in [-0.2, 0) is 9.59 Å². The van der Waals surface area contributed by atoms with E-state index in [1.54, 1.807) is 18.5 Å². The number of likely N-dealkylation sites (tertiary alicyclic amines) is 2. The molecule has 10 heteroatoms. The molecule has 1 aromatic rings. The molecule has 0 aliphatic carbocycles. The molecule has 0 bridgehead atoms. The summed E-state index contributed by atoms with van der Waals surface area (Å²) in [5.74, 6) is 1.48. The number of aliphatic imine (C=N–C) groups is 1. The topological polar surface area (TPSA) is 115 Å². The Hall–Kier alpha value is -2.59. The van der Waals surface area contributed by atoms with E-state index in [0.717, 1.165) is 71.4 Å². The van der Waals surface area contributed by atoms with Crippen molar-refractivity contribution in [1.82, 2.24) is 30.4 Å². The molecular formula is C22H36N8O2. The minimum atomic E-state index is 0.0410. The number of anilines is 1. The third kappa shape index (κ3) is 7.83. The Labute approximate surface area is 190 Å². The number of amides is 2. The molecule has 0 atom stereocenters. The molecule has 3 aliphatic heterocycles. The molecule has 0 spiro atoms. The van der Waals surface area contributed by atoms with Gasteiger partial charge in [0, 0.05) is 37.3 Å². The predicted molar refractivity (Wildman–Crippen MR) is 124 cm³/mol. The number of rotatable bonds is 3. The molecule has 2 fully saturated rings. The maximum atomic E-state index is 11.9. The van der Waals surface area contributed by atoms with Gasteiger partial charge in [-0.2, -0.15) is 0 Å². The molecule has 32 heavy (non-hydrogen) atoms. The number of hydrogen-bond donors (Lipinski definition) is 3. The minimum absolute atomic E-state index is 0.0410. The van der Waals surface area contributed by atoms with Gasteiger partial charge in [0.25, 0.3) is 0 Å². The second-order valence-corrected chi connectivity index (χ2v) is 8.72. The average molecular weight is 445 g/mol. The Morgan fingerprint density at radius 2 is 1.44 bits per heavy atom. The van der Waals surface area contributed by atoms with E-state index in [2.05, 4.69) is 54.8 Å². The van der Waals surface area contributed by atoms with Gasteiger partial charge in [0.15, 0.2) is 5.96 Å². The first-order valence-electron chi connectivity index (χ1n) is 11.6. The Balaban J connectivity index is 0.000000181. The average Bonchev–Trinajstić information content (AvgIpc) is 2.82. The van der Waals surface area contributed by atoms with Crippen LogP contribution in [0.15, 0.2) is 23.5 Å². The number of carbonyl (C=O) groups excluding carboxylic acids is 2. The number of nitrogens with one attached hydrogen (secondary N) is 3. The summed E-state index contributed by atoms with van der Waals surface area (Å²) in [5.41, 5.74) is 0. The van der Waals surface area contributed by atoms with Gasteiger partial charge < -0.3 is 15.1 Å². The van der Waals surface area contributed by atoms with E-state index in [1.165, 1.54) is 0 Å². The fraction of sp³-hybridized carbons (Fsp3) is 0.682. The Morgan fingerprint density at radius 1 is 0.906 bits per heavy atom. The summed E-state index contributed by atoms with van der Waals surface area (Å²) in [4.78, 5) is 40.5. The molecule has 10 nitrogen and oxygen atoms in total. The van der Waals surface area contributed by atoms with Crippen molar-refractivity contribution in [2.45, 2.75) is 32.1 Å². The summed E-state index contributed by atoms with van der Waals surface area (Å²) in [6.45, 7) is 5.71. The summed E-state index contributed by atoms with van der Waals surface area (Å²) < 4.78 is 0. The molecule has 4 heterocycles. The molecule has 1 aromatic heterocycles. The second kappa shape index (κ2) is 12.4. The molecule has 0 saturated carbocycles. The number of hydrogen-bond acceptors (Lipinski definition) is 8. The minimum Gasteiger partial charge on any atom is -0.356 e. The monoisotopic (exact) mass is 444 g/mol. The van der Waals surface area contributed by atoms with E-state index in [0.29, 0.717) is 11.9 Å². The van der Waals surface area contributed by atoms with Crippen LogP contribution in [0.5, 0.6) is 0 Å².